The molecule has 36 heavy (non-hydrogen) atoms. The van der Waals surface area contributed by atoms with Crippen molar-refractivity contribution in [2.24, 2.45) is 0 Å². The van der Waals surface area contributed by atoms with Crippen molar-refractivity contribution in [1.29, 1.82) is 0 Å². The highest BCUT2D eigenvalue weighted by Gasteiger charge is 2.21. The fourth-order valence-corrected chi connectivity index (χ4v) is 4.83. The Morgan fingerprint density at radius 3 is 2.64 bits per heavy atom. The highest BCUT2D eigenvalue weighted by atomic mass is 35.5. The van der Waals surface area contributed by atoms with E-state index in [-0.39, 0.29) is 17.3 Å². The molecule has 0 atom stereocenters. The SMILES string of the molecule is Cc1n[nH]c2nc(-c3ccc(NS(=O)(=O)c4cccc(Cl)c4F)cc3)nc(OCCN(C)CCO)c12. The van der Waals surface area contributed by atoms with E-state index in [0.29, 0.717) is 53.7 Å². The summed E-state index contributed by atoms with van der Waals surface area (Å²) in [6, 6.07) is 10.1. The monoisotopic (exact) mass is 534 g/mol. The van der Waals surface area contributed by atoms with Gasteiger partial charge in [0.05, 0.1) is 17.3 Å². The van der Waals surface area contributed by atoms with E-state index in [1.54, 1.807) is 12.1 Å². The summed E-state index contributed by atoms with van der Waals surface area (Å²) in [5.74, 6) is -0.310. The lowest BCUT2D eigenvalue weighted by molar-refractivity contribution is 0.191. The van der Waals surface area contributed by atoms with E-state index in [2.05, 4.69) is 24.9 Å². The molecule has 4 aromatic rings. The summed E-state index contributed by atoms with van der Waals surface area (Å²) in [5.41, 5.74) is 2.01. The van der Waals surface area contributed by atoms with E-state index in [1.165, 1.54) is 24.3 Å². The van der Waals surface area contributed by atoms with Crippen LogP contribution in [0.1, 0.15) is 5.69 Å². The quantitative estimate of drug-likeness (QED) is 0.282. The second kappa shape index (κ2) is 10.7. The molecule has 4 rings (SSSR count). The highest BCUT2D eigenvalue weighted by molar-refractivity contribution is 7.92. The summed E-state index contributed by atoms with van der Waals surface area (Å²) >= 11 is 5.72. The van der Waals surface area contributed by atoms with Crippen LogP contribution >= 0.6 is 11.6 Å². The number of nitrogens with zero attached hydrogens (tertiary/aromatic N) is 4. The first-order valence-electron chi connectivity index (χ1n) is 10.9. The van der Waals surface area contributed by atoms with Crippen molar-refractivity contribution in [3.8, 4) is 17.3 Å². The Morgan fingerprint density at radius 1 is 1.17 bits per heavy atom. The van der Waals surface area contributed by atoms with E-state index in [0.717, 1.165) is 6.07 Å². The Hall–Kier alpha value is -3.32. The van der Waals surface area contributed by atoms with Crippen molar-refractivity contribution < 1.29 is 22.7 Å². The number of nitrogens with one attached hydrogen (secondary N) is 2. The van der Waals surface area contributed by atoms with Gasteiger partial charge in [-0.1, -0.05) is 17.7 Å². The van der Waals surface area contributed by atoms with Gasteiger partial charge in [0.15, 0.2) is 17.3 Å². The highest BCUT2D eigenvalue weighted by Crippen LogP contribution is 2.29. The molecule has 0 saturated carbocycles. The van der Waals surface area contributed by atoms with Crippen LogP contribution in [0.4, 0.5) is 10.1 Å². The maximum absolute atomic E-state index is 14.2. The zero-order valence-corrected chi connectivity index (χ0v) is 21.1. The minimum atomic E-state index is -4.19. The molecule has 0 spiro atoms. The fourth-order valence-electron chi connectivity index (χ4n) is 3.44. The van der Waals surface area contributed by atoms with Gasteiger partial charge in [-0.05, 0) is 50.4 Å². The summed E-state index contributed by atoms with van der Waals surface area (Å²) in [6.45, 7) is 3.32. The molecule has 3 N–H and O–H groups in total. The first kappa shape index (κ1) is 25.8. The number of ether oxygens (including phenoxy) is 1. The number of hydrogen-bond donors (Lipinski definition) is 3. The van der Waals surface area contributed by atoms with Gasteiger partial charge in [0.2, 0.25) is 5.88 Å². The van der Waals surface area contributed by atoms with Crippen LogP contribution in [-0.2, 0) is 10.0 Å². The smallest absolute Gasteiger partial charge is 0.264 e. The Morgan fingerprint density at radius 2 is 1.92 bits per heavy atom. The van der Waals surface area contributed by atoms with Crippen LogP contribution in [-0.4, -0.2) is 71.9 Å². The van der Waals surface area contributed by atoms with Gasteiger partial charge in [-0.3, -0.25) is 9.82 Å². The van der Waals surface area contributed by atoms with Crippen LogP contribution in [0.25, 0.3) is 22.4 Å². The van der Waals surface area contributed by atoms with Crippen LogP contribution < -0.4 is 9.46 Å². The number of aliphatic hydroxyl groups is 1. The first-order chi connectivity index (χ1) is 17.2. The number of fused-ring (bicyclic) bond motifs is 1. The summed E-state index contributed by atoms with van der Waals surface area (Å²) in [6.07, 6.45) is 0. The molecule has 0 amide bonds. The van der Waals surface area contributed by atoms with Crippen molar-refractivity contribution in [1.82, 2.24) is 25.1 Å². The number of aryl methyl sites for hydroxylation is 1. The van der Waals surface area contributed by atoms with E-state index < -0.39 is 20.7 Å². The number of halogens is 2. The van der Waals surface area contributed by atoms with Gasteiger partial charge >= 0.3 is 0 Å². The molecule has 0 bridgehead atoms. The summed E-state index contributed by atoms with van der Waals surface area (Å²) in [5, 5.41) is 16.5. The molecule has 2 aromatic heterocycles. The van der Waals surface area contributed by atoms with Crippen molar-refractivity contribution in [2.45, 2.75) is 11.8 Å². The molecule has 0 fully saturated rings. The maximum atomic E-state index is 14.2. The standard InChI is InChI=1S/C23H24ClFN6O4S/c1-14-19-22(29-28-14)26-21(27-23(19)35-13-11-31(2)10-12-32)15-6-8-16(9-7-15)30-36(33,34)18-5-3-4-17(24)20(18)25/h3-9,30,32H,10-13H2,1-2H3,(H,26,27,28,29). The third-order valence-corrected chi connectivity index (χ3v) is 7.05. The van der Waals surface area contributed by atoms with E-state index in [4.69, 9.17) is 21.4 Å². The number of rotatable bonds is 10. The lowest BCUT2D eigenvalue weighted by Crippen LogP contribution is -2.27. The number of aliphatic hydroxyl groups excluding tert-OH is 1. The molecular formula is C23H24ClFN6O4S. The molecule has 2 heterocycles. The normalized spacial score (nSPS) is 11.8. The first-order valence-corrected chi connectivity index (χ1v) is 12.8. The Balaban J connectivity index is 1.57. The molecular weight excluding hydrogens is 511 g/mol. The van der Waals surface area contributed by atoms with E-state index in [9.17, 15) is 12.8 Å². The molecule has 190 valence electrons. The molecule has 0 aliphatic rings. The average molecular weight is 535 g/mol. The number of benzene rings is 2. The number of hydrogen-bond acceptors (Lipinski definition) is 8. The number of likely N-dealkylation sites (N-methyl/N-ethyl adjacent to an activating group) is 1. The third kappa shape index (κ3) is 5.57. The Labute approximate surface area is 212 Å². The predicted molar refractivity (Wildman–Crippen MR) is 134 cm³/mol. The molecule has 0 aliphatic heterocycles. The number of aromatic nitrogens is 4. The Bertz CT molecular complexity index is 1480. The second-order valence-electron chi connectivity index (χ2n) is 8.00. The number of sulfonamides is 1. The molecule has 0 unspecified atom stereocenters. The van der Waals surface area contributed by atoms with Gasteiger partial charge in [0, 0.05) is 24.3 Å². The van der Waals surface area contributed by atoms with E-state index in [1.807, 2.05) is 18.9 Å². The minimum absolute atomic E-state index is 0.0550. The van der Waals surface area contributed by atoms with Gasteiger partial charge in [-0.25, -0.2) is 17.8 Å². The average Bonchev–Trinajstić information content (AvgIpc) is 3.22. The van der Waals surface area contributed by atoms with Gasteiger partial charge in [0.1, 0.15) is 16.9 Å². The fraction of sp³-hybridized carbons (Fsp3) is 0.261. The van der Waals surface area contributed by atoms with Crippen molar-refractivity contribution in [3.63, 3.8) is 0 Å². The van der Waals surface area contributed by atoms with Crippen molar-refractivity contribution in [2.75, 3.05) is 38.1 Å². The van der Waals surface area contributed by atoms with Crippen LogP contribution in [0.15, 0.2) is 47.4 Å². The topological polar surface area (TPSA) is 133 Å². The molecule has 0 aliphatic carbocycles. The van der Waals surface area contributed by atoms with Crippen molar-refractivity contribution in [3.05, 3.63) is 59.0 Å². The number of H-pyrrole nitrogens is 1. The zero-order valence-electron chi connectivity index (χ0n) is 19.5. The lowest BCUT2D eigenvalue weighted by atomic mass is 10.2. The predicted octanol–water partition coefficient (Wildman–Crippen LogP) is 3.22. The minimum Gasteiger partial charge on any atom is -0.476 e. The summed E-state index contributed by atoms with van der Waals surface area (Å²) < 4.78 is 47.8. The number of anilines is 1. The maximum Gasteiger partial charge on any atom is 0.264 e. The molecule has 0 radical (unpaired) electrons. The van der Waals surface area contributed by atoms with Crippen LogP contribution in [0.5, 0.6) is 5.88 Å². The molecule has 13 heteroatoms. The third-order valence-electron chi connectivity index (χ3n) is 5.36. The molecule has 0 saturated heterocycles. The van der Waals surface area contributed by atoms with Crippen LogP contribution in [0, 0.1) is 12.7 Å². The van der Waals surface area contributed by atoms with Gasteiger partial charge in [0.25, 0.3) is 10.0 Å². The van der Waals surface area contributed by atoms with Crippen LogP contribution in [0.2, 0.25) is 5.02 Å². The summed E-state index contributed by atoms with van der Waals surface area (Å²) in [4.78, 5) is 10.5. The zero-order chi connectivity index (χ0) is 25.9. The van der Waals surface area contributed by atoms with Gasteiger partial charge in [-0.15, -0.1) is 0 Å². The van der Waals surface area contributed by atoms with Crippen LogP contribution in [0.3, 0.4) is 0 Å². The summed E-state index contributed by atoms with van der Waals surface area (Å²) in [7, 11) is -2.32. The number of aromatic amines is 1. The molecule has 10 nitrogen and oxygen atoms in total. The second-order valence-corrected chi connectivity index (χ2v) is 10.1. The van der Waals surface area contributed by atoms with Crippen molar-refractivity contribution >= 4 is 38.3 Å². The lowest BCUT2D eigenvalue weighted by Gasteiger charge is -2.15. The van der Waals surface area contributed by atoms with Gasteiger partial charge < -0.3 is 14.7 Å². The Kier molecular flexibility index (Phi) is 7.69. The molecule has 2 aromatic carbocycles. The van der Waals surface area contributed by atoms with Gasteiger partial charge in [-0.2, -0.15) is 10.1 Å². The largest absolute Gasteiger partial charge is 0.476 e. The van der Waals surface area contributed by atoms with E-state index >= 15 is 0 Å².